The molecule has 0 aromatic carbocycles. The Balaban J connectivity index is 3.39. The lowest BCUT2D eigenvalue weighted by atomic mass is 10.3. The first kappa shape index (κ1) is 10.6. The number of hydrogen-bond acceptors (Lipinski definition) is 4. The fourth-order valence-corrected chi connectivity index (χ4v) is 1.07. The molecular weight excluding hydrogens is 210 g/mol. The second kappa shape index (κ2) is 4.15. The van der Waals surface area contributed by atoms with E-state index in [1.54, 1.807) is 0 Å². The lowest BCUT2D eigenvalue weighted by Gasteiger charge is -2.08. The summed E-state index contributed by atoms with van der Waals surface area (Å²) in [5.74, 6) is -0.666. The molecule has 0 amide bonds. The minimum absolute atomic E-state index is 0.00981. The zero-order valence-corrected chi connectivity index (χ0v) is 8.37. The number of pyridine rings is 1. The van der Waals surface area contributed by atoms with Gasteiger partial charge in [-0.1, -0.05) is 11.6 Å². The lowest BCUT2D eigenvalue weighted by Crippen LogP contribution is -2.30. The van der Waals surface area contributed by atoms with Crippen molar-refractivity contribution in [3.05, 3.63) is 33.2 Å². The van der Waals surface area contributed by atoms with E-state index in [1.807, 2.05) is 0 Å². The Kier molecular flexibility index (Phi) is 3.14. The van der Waals surface area contributed by atoms with Crippen LogP contribution in [-0.2, 0) is 4.74 Å². The number of nitrogens with zero attached hydrogens (tertiary/aromatic N) is 1. The van der Waals surface area contributed by atoms with E-state index in [9.17, 15) is 9.59 Å². The maximum atomic E-state index is 11.3. The Morgan fingerprint density at radius 1 is 1.43 bits per heavy atom. The lowest BCUT2D eigenvalue weighted by molar-refractivity contribution is 0.0535. The summed E-state index contributed by atoms with van der Waals surface area (Å²) in [6, 6.07) is 2.66. The molecule has 0 unspecified atom stereocenters. The van der Waals surface area contributed by atoms with Crippen LogP contribution in [0.15, 0.2) is 16.9 Å². The minimum Gasteiger partial charge on any atom is -0.464 e. The van der Waals surface area contributed by atoms with Crippen molar-refractivity contribution < 1.29 is 14.4 Å². The van der Waals surface area contributed by atoms with Crippen LogP contribution < -0.4 is 10.4 Å². The van der Waals surface area contributed by atoms with Crippen LogP contribution in [0, 0.1) is 0 Å². The summed E-state index contributed by atoms with van der Waals surface area (Å²) in [4.78, 5) is 27.2. The number of ether oxygens (including phenoxy) is 1. The van der Waals surface area contributed by atoms with Crippen LogP contribution in [0.25, 0.3) is 0 Å². The standard InChI is InChI=1S/C8H8ClNO4/c1-13-8(12)6-4-3-5(9)7(11)10(6)14-2/h3-4H,1-2H3. The summed E-state index contributed by atoms with van der Waals surface area (Å²) in [7, 11) is 2.46. The number of halogens is 1. The fourth-order valence-electron chi connectivity index (χ4n) is 0.934. The van der Waals surface area contributed by atoms with Gasteiger partial charge in [0.2, 0.25) is 0 Å². The molecule has 1 aromatic rings. The largest absolute Gasteiger partial charge is 0.464 e. The van der Waals surface area contributed by atoms with E-state index in [2.05, 4.69) is 4.74 Å². The molecule has 0 atom stereocenters. The second-order valence-corrected chi connectivity index (χ2v) is 2.75. The molecule has 0 spiro atoms. The zero-order chi connectivity index (χ0) is 10.7. The van der Waals surface area contributed by atoms with Crippen LogP contribution in [0.4, 0.5) is 0 Å². The highest BCUT2D eigenvalue weighted by Crippen LogP contribution is 2.04. The van der Waals surface area contributed by atoms with Gasteiger partial charge in [0.25, 0.3) is 0 Å². The third-order valence-electron chi connectivity index (χ3n) is 1.57. The first-order valence-corrected chi connectivity index (χ1v) is 4.04. The number of hydrogen-bond donors (Lipinski definition) is 0. The van der Waals surface area contributed by atoms with Gasteiger partial charge in [0.05, 0.1) is 7.11 Å². The van der Waals surface area contributed by atoms with Crippen molar-refractivity contribution >= 4 is 17.6 Å². The van der Waals surface area contributed by atoms with Gasteiger partial charge in [-0.15, -0.1) is 4.73 Å². The van der Waals surface area contributed by atoms with Crippen LogP contribution in [0.3, 0.4) is 0 Å². The number of esters is 1. The highest BCUT2D eigenvalue weighted by atomic mass is 35.5. The molecule has 0 aliphatic heterocycles. The molecule has 14 heavy (non-hydrogen) atoms. The molecule has 6 heteroatoms. The van der Waals surface area contributed by atoms with E-state index in [4.69, 9.17) is 16.4 Å². The van der Waals surface area contributed by atoms with E-state index >= 15 is 0 Å². The molecule has 0 N–H and O–H groups in total. The van der Waals surface area contributed by atoms with E-state index in [0.29, 0.717) is 0 Å². The van der Waals surface area contributed by atoms with Crippen molar-refractivity contribution in [2.45, 2.75) is 0 Å². The maximum absolute atomic E-state index is 11.3. The van der Waals surface area contributed by atoms with Crippen molar-refractivity contribution in [1.82, 2.24) is 4.73 Å². The van der Waals surface area contributed by atoms with Crippen molar-refractivity contribution in [2.75, 3.05) is 14.2 Å². The summed E-state index contributed by atoms with van der Waals surface area (Å²) >= 11 is 5.55. The molecule has 0 aliphatic rings. The van der Waals surface area contributed by atoms with Gasteiger partial charge in [0.1, 0.15) is 12.1 Å². The van der Waals surface area contributed by atoms with E-state index in [0.717, 1.165) is 4.73 Å². The minimum atomic E-state index is -0.666. The number of rotatable bonds is 2. The molecular formula is C8H8ClNO4. The Morgan fingerprint density at radius 3 is 2.57 bits per heavy atom. The van der Waals surface area contributed by atoms with Gasteiger partial charge in [-0.2, -0.15) is 0 Å². The molecule has 1 aromatic heterocycles. The first-order chi connectivity index (χ1) is 6.61. The molecule has 76 valence electrons. The van der Waals surface area contributed by atoms with Gasteiger partial charge in [-0.25, -0.2) is 4.79 Å². The Bertz CT molecular complexity index is 412. The number of carbonyl (C=O) groups is 1. The average Bonchev–Trinajstić information content (AvgIpc) is 2.20. The monoisotopic (exact) mass is 217 g/mol. The predicted molar refractivity (Wildman–Crippen MR) is 49.6 cm³/mol. The summed E-state index contributed by atoms with van der Waals surface area (Å²) in [5, 5.41) is -0.0282. The Morgan fingerprint density at radius 2 is 2.07 bits per heavy atom. The summed E-state index contributed by atoms with van der Waals surface area (Å²) in [6.07, 6.45) is 0. The molecule has 1 heterocycles. The first-order valence-electron chi connectivity index (χ1n) is 3.66. The SMILES string of the molecule is COC(=O)c1ccc(Cl)c(=O)n1OC. The van der Waals surface area contributed by atoms with Crippen molar-refractivity contribution in [3.63, 3.8) is 0 Å². The van der Waals surface area contributed by atoms with Crippen LogP contribution >= 0.6 is 11.6 Å². The van der Waals surface area contributed by atoms with Crippen molar-refractivity contribution in [1.29, 1.82) is 0 Å². The smallest absolute Gasteiger partial charge is 0.358 e. The van der Waals surface area contributed by atoms with Crippen LogP contribution in [0.1, 0.15) is 10.5 Å². The van der Waals surface area contributed by atoms with E-state index in [-0.39, 0.29) is 10.7 Å². The average molecular weight is 218 g/mol. The second-order valence-electron chi connectivity index (χ2n) is 2.34. The van der Waals surface area contributed by atoms with Crippen LogP contribution in [0.5, 0.6) is 0 Å². The molecule has 0 radical (unpaired) electrons. The topological polar surface area (TPSA) is 57.5 Å². The van der Waals surface area contributed by atoms with Gasteiger partial charge in [-0.3, -0.25) is 4.79 Å². The summed E-state index contributed by atoms with van der Waals surface area (Å²) in [6.45, 7) is 0. The summed E-state index contributed by atoms with van der Waals surface area (Å²) < 4.78 is 5.22. The van der Waals surface area contributed by atoms with Gasteiger partial charge in [-0.05, 0) is 12.1 Å². The third kappa shape index (κ3) is 1.72. The van der Waals surface area contributed by atoms with E-state index in [1.165, 1.54) is 26.4 Å². The fraction of sp³-hybridized carbons (Fsp3) is 0.250. The van der Waals surface area contributed by atoms with Crippen molar-refractivity contribution in [2.24, 2.45) is 0 Å². The van der Waals surface area contributed by atoms with Gasteiger partial charge >= 0.3 is 11.5 Å². The highest BCUT2D eigenvalue weighted by Gasteiger charge is 2.14. The highest BCUT2D eigenvalue weighted by molar-refractivity contribution is 6.30. The molecule has 5 nitrogen and oxygen atoms in total. The normalized spacial score (nSPS) is 9.64. The third-order valence-corrected chi connectivity index (χ3v) is 1.86. The Hall–Kier alpha value is -1.49. The molecule has 0 bridgehead atoms. The Labute approximate surface area is 84.8 Å². The predicted octanol–water partition coefficient (Wildman–Crippen LogP) is 0.347. The van der Waals surface area contributed by atoms with Crippen molar-refractivity contribution in [3.8, 4) is 0 Å². The number of methoxy groups -OCH3 is 1. The zero-order valence-electron chi connectivity index (χ0n) is 7.61. The molecule has 0 saturated heterocycles. The maximum Gasteiger partial charge on any atom is 0.358 e. The van der Waals surface area contributed by atoms with Gasteiger partial charge < -0.3 is 9.57 Å². The number of aromatic nitrogens is 1. The van der Waals surface area contributed by atoms with Crippen LogP contribution in [-0.4, -0.2) is 24.9 Å². The van der Waals surface area contributed by atoms with Gasteiger partial charge in [0, 0.05) is 0 Å². The van der Waals surface area contributed by atoms with Crippen LogP contribution in [0.2, 0.25) is 5.02 Å². The molecule has 1 rings (SSSR count). The molecule has 0 saturated carbocycles. The quantitative estimate of drug-likeness (QED) is 0.671. The molecule has 0 aliphatic carbocycles. The number of carbonyl (C=O) groups excluding carboxylic acids is 1. The summed E-state index contributed by atoms with van der Waals surface area (Å²) in [5.41, 5.74) is -0.610. The molecule has 0 fully saturated rings. The van der Waals surface area contributed by atoms with E-state index < -0.39 is 11.5 Å². The van der Waals surface area contributed by atoms with Gasteiger partial charge in [0.15, 0.2) is 5.69 Å².